The van der Waals surface area contributed by atoms with Crippen LogP contribution in [0.15, 0.2) is 18.2 Å². The lowest BCUT2D eigenvalue weighted by atomic mass is 9.94. The molecular formula is C15H22N4O. The van der Waals surface area contributed by atoms with E-state index in [0.29, 0.717) is 6.54 Å². The van der Waals surface area contributed by atoms with Crippen molar-refractivity contribution in [3.8, 4) is 0 Å². The van der Waals surface area contributed by atoms with E-state index in [-0.39, 0.29) is 0 Å². The second-order valence-corrected chi connectivity index (χ2v) is 5.85. The average Bonchev–Trinajstić information content (AvgIpc) is 2.78. The van der Waals surface area contributed by atoms with E-state index < -0.39 is 5.60 Å². The highest BCUT2D eigenvalue weighted by Crippen LogP contribution is 2.25. The number of imidazole rings is 1. The molecule has 1 aromatic heterocycles. The number of rotatable bonds is 3. The van der Waals surface area contributed by atoms with Crippen LogP contribution in [0.1, 0.15) is 18.3 Å². The summed E-state index contributed by atoms with van der Waals surface area (Å²) in [5, 5.41) is 14.1. The molecule has 0 saturated carbocycles. The fourth-order valence-electron chi connectivity index (χ4n) is 2.87. The Hall–Kier alpha value is -1.43. The Morgan fingerprint density at radius 1 is 1.35 bits per heavy atom. The molecule has 0 amide bonds. The molecular weight excluding hydrogens is 252 g/mol. The van der Waals surface area contributed by atoms with E-state index in [9.17, 15) is 5.11 Å². The Morgan fingerprint density at radius 2 is 2.10 bits per heavy atom. The zero-order valence-corrected chi connectivity index (χ0v) is 12.1. The minimum absolute atomic E-state index is 0.660. The zero-order chi connectivity index (χ0) is 14.2. The SMILES string of the molecule is Cc1nc2ccc(C(C)(O)CN3CCNCC3)cc2[nH]1. The van der Waals surface area contributed by atoms with Gasteiger partial charge in [-0.05, 0) is 31.5 Å². The van der Waals surface area contributed by atoms with Crippen molar-refractivity contribution in [2.24, 2.45) is 0 Å². The fraction of sp³-hybridized carbons (Fsp3) is 0.533. The van der Waals surface area contributed by atoms with Crippen molar-refractivity contribution in [2.45, 2.75) is 19.4 Å². The zero-order valence-electron chi connectivity index (χ0n) is 12.1. The number of nitrogens with zero attached hydrogens (tertiary/aromatic N) is 2. The minimum atomic E-state index is -0.843. The lowest BCUT2D eigenvalue weighted by Gasteiger charge is -2.34. The van der Waals surface area contributed by atoms with E-state index in [4.69, 9.17) is 0 Å². The summed E-state index contributed by atoms with van der Waals surface area (Å²) in [6.45, 7) is 8.46. The van der Waals surface area contributed by atoms with E-state index in [1.807, 2.05) is 32.0 Å². The van der Waals surface area contributed by atoms with Crippen LogP contribution in [0.25, 0.3) is 11.0 Å². The molecule has 0 aliphatic carbocycles. The molecule has 0 spiro atoms. The van der Waals surface area contributed by atoms with Gasteiger partial charge in [-0.15, -0.1) is 0 Å². The monoisotopic (exact) mass is 274 g/mol. The standard InChI is InChI=1S/C15H22N4O/c1-11-17-13-4-3-12(9-14(13)18-11)15(2,20)10-19-7-5-16-6-8-19/h3-4,9,16,20H,5-8,10H2,1-2H3,(H,17,18). The maximum atomic E-state index is 10.8. The normalized spacial score (nSPS) is 20.1. The number of aliphatic hydroxyl groups is 1. The Morgan fingerprint density at radius 3 is 2.85 bits per heavy atom. The average molecular weight is 274 g/mol. The van der Waals surface area contributed by atoms with Crippen LogP contribution in [-0.2, 0) is 5.60 Å². The third-order valence-corrected chi connectivity index (χ3v) is 3.96. The number of β-amino-alcohol motifs (C(OH)–C–C–N with tert-alkyl or cyclic N) is 1. The third-order valence-electron chi connectivity index (χ3n) is 3.96. The molecule has 0 bridgehead atoms. The first kappa shape index (κ1) is 13.5. The van der Waals surface area contributed by atoms with Crippen LogP contribution in [-0.4, -0.2) is 52.7 Å². The lowest BCUT2D eigenvalue weighted by molar-refractivity contribution is 0.0127. The summed E-state index contributed by atoms with van der Waals surface area (Å²) in [7, 11) is 0. The van der Waals surface area contributed by atoms with Crippen molar-refractivity contribution in [3.05, 3.63) is 29.6 Å². The van der Waals surface area contributed by atoms with Gasteiger partial charge in [0.05, 0.1) is 16.6 Å². The second kappa shape index (κ2) is 5.16. The van der Waals surface area contributed by atoms with Crippen LogP contribution in [0.2, 0.25) is 0 Å². The number of aromatic nitrogens is 2. The smallest absolute Gasteiger partial charge is 0.104 e. The Bertz CT molecular complexity index is 599. The van der Waals surface area contributed by atoms with Gasteiger partial charge in [0.15, 0.2) is 0 Å². The number of aromatic amines is 1. The summed E-state index contributed by atoms with van der Waals surface area (Å²) in [6, 6.07) is 5.96. The molecule has 1 aliphatic heterocycles. The largest absolute Gasteiger partial charge is 0.384 e. The van der Waals surface area contributed by atoms with Crippen molar-refractivity contribution >= 4 is 11.0 Å². The van der Waals surface area contributed by atoms with Crippen molar-refractivity contribution in [1.82, 2.24) is 20.2 Å². The van der Waals surface area contributed by atoms with Gasteiger partial charge in [0, 0.05) is 32.7 Å². The molecule has 5 nitrogen and oxygen atoms in total. The first-order chi connectivity index (χ1) is 9.54. The number of aryl methyl sites for hydroxylation is 1. The van der Waals surface area contributed by atoms with E-state index in [1.54, 1.807) is 0 Å². The summed E-state index contributed by atoms with van der Waals surface area (Å²) in [4.78, 5) is 9.93. The van der Waals surface area contributed by atoms with E-state index in [2.05, 4.69) is 20.2 Å². The molecule has 2 aromatic rings. The predicted molar refractivity (Wildman–Crippen MR) is 79.7 cm³/mol. The molecule has 1 aliphatic rings. The maximum absolute atomic E-state index is 10.8. The Kier molecular flexibility index (Phi) is 3.50. The van der Waals surface area contributed by atoms with Gasteiger partial charge in [-0.25, -0.2) is 4.98 Å². The van der Waals surface area contributed by atoms with Crippen LogP contribution in [0.5, 0.6) is 0 Å². The molecule has 5 heteroatoms. The van der Waals surface area contributed by atoms with E-state index in [1.165, 1.54) is 0 Å². The molecule has 1 atom stereocenters. The molecule has 20 heavy (non-hydrogen) atoms. The molecule has 1 saturated heterocycles. The third kappa shape index (κ3) is 2.70. The maximum Gasteiger partial charge on any atom is 0.104 e. The fourth-order valence-corrected chi connectivity index (χ4v) is 2.87. The van der Waals surface area contributed by atoms with Crippen molar-refractivity contribution in [3.63, 3.8) is 0 Å². The highest BCUT2D eigenvalue weighted by molar-refractivity contribution is 5.76. The number of benzene rings is 1. The Balaban J connectivity index is 1.83. The number of piperazine rings is 1. The van der Waals surface area contributed by atoms with Gasteiger partial charge in [0.1, 0.15) is 5.82 Å². The summed E-state index contributed by atoms with van der Waals surface area (Å²) in [6.07, 6.45) is 0. The highest BCUT2D eigenvalue weighted by atomic mass is 16.3. The first-order valence-electron chi connectivity index (χ1n) is 7.17. The van der Waals surface area contributed by atoms with Gasteiger partial charge in [0.25, 0.3) is 0 Å². The van der Waals surface area contributed by atoms with Crippen molar-refractivity contribution < 1.29 is 5.11 Å². The summed E-state index contributed by atoms with van der Waals surface area (Å²) >= 11 is 0. The molecule has 108 valence electrons. The Labute approximate surface area is 119 Å². The second-order valence-electron chi connectivity index (χ2n) is 5.85. The van der Waals surface area contributed by atoms with Crippen molar-refractivity contribution in [2.75, 3.05) is 32.7 Å². The molecule has 1 aromatic carbocycles. The molecule has 0 radical (unpaired) electrons. The van der Waals surface area contributed by atoms with Crippen LogP contribution in [0, 0.1) is 6.92 Å². The first-order valence-corrected chi connectivity index (χ1v) is 7.17. The van der Waals surface area contributed by atoms with E-state index in [0.717, 1.165) is 48.6 Å². The highest BCUT2D eigenvalue weighted by Gasteiger charge is 2.27. The topological polar surface area (TPSA) is 64.2 Å². The number of hydrogen-bond donors (Lipinski definition) is 3. The number of hydrogen-bond acceptors (Lipinski definition) is 4. The van der Waals surface area contributed by atoms with Crippen molar-refractivity contribution in [1.29, 1.82) is 0 Å². The lowest BCUT2D eigenvalue weighted by Crippen LogP contribution is -2.48. The number of fused-ring (bicyclic) bond motifs is 1. The molecule has 3 rings (SSSR count). The number of nitrogens with one attached hydrogen (secondary N) is 2. The quantitative estimate of drug-likeness (QED) is 0.781. The summed E-state index contributed by atoms with van der Waals surface area (Å²) in [5.74, 6) is 0.902. The molecule has 3 N–H and O–H groups in total. The minimum Gasteiger partial charge on any atom is -0.384 e. The van der Waals surface area contributed by atoms with Gasteiger partial charge in [0.2, 0.25) is 0 Å². The van der Waals surface area contributed by atoms with Gasteiger partial charge in [-0.1, -0.05) is 6.07 Å². The van der Waals surface area contributed by atoms with Crippen LogP contribution >= 0.6 is 0 Å². The molecule has 1 unspecified atom stereocenters. The summed E-state index contributed by atoms with van der Waals surface area (Å²) in [5.41, 5.74) is 2.03. The molecule has 1 fully saturated rings. The van der Waals surface area contributed by atoms with Gasteiger partial charge in [-0.3, -0.25) is 4.90 Å². The van der Waals surface area contributed by atoms with Crippen LogP contribution in [0.3, 0.4) is 0 Å². The van der Waals surface area contributed by atoms with Crippen LogP contribution in [0.4, 0.5) is 0 Å². The van der Waals surface area contributed by atoms with Gasteiger partial charge >= 0.3 is 0 Å². The van der Waals surface area contributed by atoms with Gasteiger partial charge < -0.3 is 15.4 Å². The predicted octanol–water partition coefficient (Wildman–Crippen LogP) is 0.984. The number of H-pyrrole nitrogens is 1. The molecule has 2 heterocycles. The van der Waals surface area contributed by atoms with E-state index >= 15 is 0 Å². The van der Waals surface area contributed by atoms with Gasteiger partial charge in [-0.2, -0.15) is 0 Å². The van der Waals surface area contributed by atoms with Crippen LogP contribution < -0.4 is 5.32 Å². The summed E-state index contributed by atoms with van der Waals surface area (Å²) < 4.78 is 0.